The third-order valence-electron chi connectivity index (χ3n) is 6.25. The molecule has 1 atom stereocenters. The van der Waals surface area contributed by atoms with E-state index in [0.717, 1.165) is 52.5 Å². The van der Waals surface area contributed by atoms with Gasteiger partial charge in [-0.2, -0.15) is 0 Å². The number of H-pyrrole nitrogens is 1. The van der Waals surface area contributed by atoms with E-state index in [-0.39, 0.29) is 12.2 Å². The molecule has 4 aromatic rings. The Bertz CT molecular complexity index is 1260. The normalized spacial score (nSPS) is 14.3. The minimum Gasteiger partial charge on any atom is -0.481 e. The maximum atomic E-state index is 12.8. The van der Waals surface area contributed by atoms with Gasteiger partial charge in [0.25, 0.3) is 0 Å². The number of carboxylic acid groups (broad SMARTS) is 1. The highest BCUT2D eigenvalue weighted by molar-refractivity contribution is 6.01. The Kier molecular flexibility index (Phi) is 4.66. The molecule has 2 aromatic carbocycles. The minimum atomic E-state index is -0.929. The Labute approximate surface area is 173 Å². The van der Waals surface area contributed by atoms with Crippen molar-refractivity contribution in [3.63, 3.8) is 0 Å². The number of furan rings is 1. The molecular weight excluding hydrogens is 378 g/mol. The lowest BCUT2D eigenvalue weighted by atomic mass is 9.92. The molecule has 1 aliphatic carbocycles. The van der Waals surface area contributed by atoms with Crippen molar-refractivity contribution in [3.8, 4) is 0 Å². The Balaban J connectivity index is 1.31. The van der Waals surface area contributed by atoms with E-state index in [1.807, 2.05) is 36.5 Å². The summed E-state index contributed by atoms with van der Waals surface area (Å²) in [6, 6.07) is 13.5. The summed E-state index contributed by atoms with van der Waals surface area (Å²) in [7, 11) is 0. The number of nitrogens with one attached hydrogen (secondary N) is 1. The fraction of sp³-hybridized carbons (Fsp3) is 0.280. The molecule has 0 saturated carbocycles. The molecule has 30 heavy (non-hydrogen) atoms. The van der Waals surface area contributed by atoms with Gasteiger partial charge in [0, 0.05) is 46.5 Å². The molecule has 0 saturated heterocycles. The zero-order valence-corrected chi connectivity index (χ0v) is 16.6. The van der Waals surface area contributed by atoms with Gasteiger partial charge in [0.15, 0.2) is 5.78 Å². The first-order chi connectivity index (χ1) is 14.6. The van der Waals surface area contributed by atoms with Crippen molar-refractivity contribution in [2.24, 2.45) is 5.92 Å². The van der Waals surface area contributed by atoms with Crippen LogP contribution in [0.4, 0.5) is 0 Å². The highest BCUT2D eigenvalue weighted by Crippen LogP contribution is 2.33. The summed E-state index contributed by atoms with van der Waals surface area (Å²) in [5, 5.41) is 11.9. The first-order valence-corrected chi connectivity index (χ1v) is 10.5. The van der Waals surface area contributed by atoms with Gasteiger partial charge in [0.2, 0.25) is 0 Å². The van der Waals surface area contributed by atoms with Crippen LogP contribution in [0.1, 0.15) is 46.5 Å². The summed E-state index contributed by atoms with van der Waals surface area (Å²) in [6.07, 6.45) is 6.02. The van der Waals surface area contributed by atoms with E-state index in [4.69, 9.17) is 4.42 Å². The summed E-state index contributed by atoms with van der Waals surface area (Å²) >= 11 is 0. The third-order valence-corrected chi connectivity index (χ3v) is 6.25. The monoisotopic (exact) mass is 401 g/mol. The molecule has 0 radical (unpaired) electrons. The van der Waals surface area contributed by atoms with E-state index >= 15 is 0 Å². The molecule has 0 fully saturated rings. The Morgan fingerprint density at radius 3 is 2.83 bits per heavy atom. The number of aliphatic carboxylic acids is 1. The van der Waals surface area contributed by atoms with E-state index in [1.165, 1.54) is 5.56 Å². The zero-order chi connectivity index (χ0) is 20.7. The lowest BCUT2D eigenvalue weighted by Crippen LogP contribution is -2.19. The Morgan fingerprint density at radius 2 is 1.97 bits per heavy atom. The van der Waals surface area contributed by atoms with E-state index in [2.05, 4.69) is 4.98 Å². The molecule has 5 nitrogen and oxygen atoms in total. The number of Topliss-reactive ketones (excluding diaryl/α,β-unsaturated/α-hetero) is 1. The van der Waals surface area contributed by atoms with Crippen LogP contribution < -0.4 is 0 Å². The van der Waals surface area contributed by atoms with Crippen LogP contribution in [0.2, 0.25) is 0 Å². The lowest BCUT2D eigenvalue weighted by molar-refractivity contribution is -0.141. The number of ketones is 1. The van der Waals surface area contributed by atoms with Crippen molar-refractivity contribution >= 4 is 33.6 Å². The minimum absolute atomic E-state index is 0.0103. The number of rotatable bonds is 7. The molecule has 5 rings (SSSR count). The summed E-state index contributed by atoms with van der Waals surface area (Å²) in [5.74, 6) is -0.777. The van der Waals surface area contributed by atoms with Crippen LogP contribution in [0.25, 0.3) is 21.9 Å². The van der Waals surface area contributed by atoms with Crippen molar-refractivity contribution in [2.75, 3.05) is 0 Å². The van der Waals surface area contributed by atoms with Crippen molar-refractivity contribution < 1.29 is 19.1 Å². The van der Waals surface area contributed by atoms with Crippen LogP contribution in [0, 0.1) is 5.92 Å². The standard InChI is InChI=1S/C25H23NO4/c27-22(15-10-11-20-19-5-3-7-23(19)30-24(20)13-15)12-16(25(28)29)8-9-17-14-26-21-6-2-1-4-18(17)21/h1-2,4,6,10-11,13-14,16,26H,3,5,7-9,12H2,(H,28,29)/t16-/m1/s1. The smallest absolute Gasteiger partial charge is 0.306 e. The number of aromatic amines is 1. The molecule has 152 valence electrons. The predicted octanol–water partition coefficient (Wildman–Crippen LogP) is 5.31. The van der Waals surface area contributed by atoms with Crippen molar-refractivity contribution in [1.82, 2.24) is 4.98 Å². The molecule has 0 amide bonds. The van der Waals surface area contributed by atoms with Crippen LogP contribution in [0.5, 0.6) is 0 Å². The maximum Gasteiger partial charge on any atom is 0.306 e. The molecule has 1 aliphatic rings. The van der Waals surface area contributed by atoms with Crippen molar-refractivity contribution in [1.29, 1.82) is 0 Å². The summed E-state index contributed by atoms with van der Waals surface area (Å²) in [4.78, 5) is 27.9. The Morgan fingerprint density at radius 1 is 1.10 bits per heavy atom. The average molecular weight is 401 g/mol. The van der Waals surface area contributed by atoms with E-state index in [0.29, 0.717) is 18.4 Å². The van der Waals surface area contributed by atoms with Gasteiger partial charge >= 0.3 is 5.97 Å². The van der Waals surface area contributed by atoms with Crippen LogP contribution in [-0.4, -0.2) is 21.8 Å². The second-order valence-electron chi connectivity index (χ2n) is 8.13. The van der Waals surface area contributed by atoms with Gasteiger partial charge < -0.3 is 14.5 Å². The molecule has 0 unspecified atom stereocenters. The molecule has 2 heterocycles. The molecule has 2 N–H and O–H groups in total. The van der Waals surface area contributed by atoms with Gasteiger partial charge in [0.05, 0.1) is 5.92 Å². The van der Waals surface area contributed by atoms with Gasteiger partial charge in [0.1, 0.15) is 11.3 Å². The number of aryl methyl sites for hydroxylation is 3. The number of hydrogen-bond donors (Lipinski definition) is 2. The van der Waals surface area contributed by atoms with Crippen molar-refractivity contribution in [3.05, 3.63) is 71.1 Å². The molecule has 5 heteroatoms. The zero-order valence-electron chi connectivity index (χ0n) is 16.6. The van der Waals surface area contributed by atoms with Gasteiger partial charge in [-0.25, -0.2) is 0 Å². The topological polar surface area (TPSA) is 83.3 Å². The number of carbonyl (C=O) groups excluding carboxylic acids is 1. The molecule has 0 bridgehead atoms. The fourth-order valence-corrected chi connectivity index (χ4v) is 4.60. The Hall–Kier alpha value is -3.34. The first kappa shape index (κ1) is 18.7. The second-order valence-corrected chi connectivity index (χ2v) is 8.13. The number of para-hydroxylation sites is 1. The fourth-order valence-electron chi connectivity index (χ4n) is 4.60. The largest absolute Gasteiger partial charge is 0.481 e. The molecule has 0 spiro atoms. The number of benzene rings is 2. The van der Waals surface area contributed by atoms with Gasteiger partial charge in [-0.05, 0) is 43.4 Å². The van der Waals surface area contributed by atoms with Gasteiger partial charge in [-0.15, -0.1) is 0 Å². The van der Waals surface area contributed by atoms with E-state index < -0.39 is 11.9 Å². The number of hydrogen-bond acceptors (Lipinski definition) is 3. The van der Waals surface area contributed by atoms with E-state index in [1.54, 1.807) is 12.1 Å². The van der Waals surface area contributed by atoms with E-state index in [9.17, 15) is 14.7 Å². The number of fused-ring (bicyclic) bond motifs is 4. The summed E-state index contributed by atoms with van der Waals surface area (Å²) in [6.45, 7) is 0. The molecule has 0 aliphatic heterocycles. The number of aromatic nitrogens is 1. The van der Waals surface area contributed by atoms with Gasteiger partial charge in [-0.3, -0.25) is 9.59 Å². The molecular formula is C25H23NO4. The number of carbonyl (C=O) groups is 2. The summed E-state index contributed by atoms with van der Waals surface area (Å²) < 4.78 is 5.92. The van der Waals surface area contributed by atoms with Crippen molar-refractivity contribution in [2.45, 2.75) is 38.5 Å². The lowest BCUT2D eigenvalue weighted by Gasteiger charge is -2.11. The van der Waals surface area contributed by atoms with Crippen LogP contribution in [0.15, 0.2) is 53.1 Å². The van der Waals surface area contributed by atoms with Crippen LogP contribution in [-0.2, 0) is 24.1 Å². The average Bonchev–Trinajstić information content (AvgIpc) is 3.44. The van der Waals surface area contributed by atoms with Crippen LogP contribution >= 0.6 is 0 Å². The quantitative estimate of drug-likeness (QED) is 0.411. The SMILES string of the molecule is O=C(C[C@@H](CCc1c[nH]c2ccccc12)C(=O)O)c1ccc2c3c(oc2c1)CCC3. The predicted molar refractivity (Wildman–Crippen MR) is 115 cm³/mol. The van der Waals surface area contributed by atoms with Crippen LogP contribution in [0.3, 0.4) is 0 Å². The number of carboxylic acids is 1. The second kappa shape index (κ2) is 7.48. The molecule has 2 aromatic heterocycles. The third kappa shape index (κ3) is 3.30. The highest BCUT2D eigenvalue weighted by atomic mass is 16.4. The first-order valence-electron chi connectivity index (χ1n) is 10.5. The highest BCUT2D eigenvalue weighted by Gasteiger charge is 2.24. The van der Waals surface area contributed by atoms with Gasteiger partial charge in [-0.1, -0.05) is 30.3 Å². The maximum absolute atomic E-state index is 12.8. The summed E-state index contributed by atoms with van der Waals surface area (Å²) in [5.41, 5.74) is 4.63.